The SMILES string of the molecule is COc1cc2[nH]c(=S)n(CCCCC(N)=O)c2cc1OC. The molecular formula is C14H19N3O3S. The van der Waals surface area contributed by atoms with E-state index < -0.39 is 0 Å². The Kier molecular flexibility index (Phi) is 4.85. The van der Waals surface area contributed by atoms with Crippen LogP contribution in [0.1, 0.15) is 19.3 Å². The van der Waals surface area contributed by atoms with E-state index in [0.29, 0.717) is 22.7 Å². The maximum atomic E-state index is 10.8. The third-order valence-electron chi connectivity index (χ3n) is 3.33. The molecule has 0 unspecified atom stereocenters. The number of aryl methyl sites for hydroxylation is 1. The number of hydrogen-bond acceptors (Lipinski definition) is 4. The molecule has 2 aromatic rings. The number of unbranched alkanes of at least 4 members (excludes halogenated alkanes) is 1. The molecule has 0 saturated heterocycles. The van der Waals surface area contributed by atoms with Crippen LogP contribution in [0.15, 0.2) is 12.1 Å². The Labute approximate surface area is 127 Å². The van der Waals surface area contributed by atoms with Gasteiger partial charge in [0.1, 0.15) is 0 Å². The summed E-state index contributed by atoms with van der Waals surface area (Å²) in [6.07, 6.45) is 1.97. The number of primary amides is 1. The quantitative estimate of drug-likeness (QED) is 0.607. The van der Waals surface area contributed by atoms with Crippen LogP contribution in [0.4, 0.5) is 0 Å². The maximum absolute atomic E-state index is 10.8. The van der Waals surface area contributed by atoms with Crippen LogP contribution in [-0.4, -0.2) is 29.7 Å². The van der Waals surface area contributed by atoms with Gasteiger partial charge < -0.3 is 24.8 Å². The molecule has 1 aromatic carbocycles. The van der Waals surface area contributed by atoms with Crippen molar-refractivity contribution in [2.24, 2.45) is 5.73 Å². The van der Waals surface area contributed by atoms with Crippen molar-refractivity contribution in [2.45, 2.75) is 25.8 Å². The van der Waals surface area contributed by atoms with Crippen LogP contribution in [0.2, 0.25) is 0 Å². The number of imidazole rings is 1. The average Bonchev–Trinajstić information content (AvgIpc) is 2.76. The van der Waals surface area contributed by atoms with E-state index in [1.807, 2.05) is 16.7 Å². The van der Waals surface area contributed by atoms with E-state index in [1.165, 1.54) is 0 Å². The highest BCUT2D eigenvalue weighted by molar-refractivity contribution is 7.71. The molecule has 2 rings (SSSR count). The van der Waals surface area contributed by atoms with Gasteiger partial charge in [-0.25, -0.2) is 0 Å². The number of ether oxygens (including phenoxy) is 2. The Morgan fingerprint density at radius 2 is 1.95 bits per heavy atom. The summed E-state index contributed by atoms with van der Waals surface area (Å²) in [5.74, 6) is 1.04. The van der Waals surface area contributed by atoms with Crippen molar-refractivity contribution in [3.8, 4) is 11.5 Å². The molecule has 114 valence electrons. The van der Waals surface area contributed by atoms with Gasteiger partial charge in [-0.1, -0.05) is 0 Å². The second-order valence-electron chi connectivity index (χ2n) is 4.73. The fourth-order valence-electron chi connectivity index (χ4n) is 2.27. The minimum Gasteiger partial charge on any atom is -0.493 e. The first-order valence-corrected chi connectivity index (χ1v) is 7.10. The van der Waals surface area contributed by atoms with Gasteiger partial charge >= 0.3 is 0 Å². The predicted octanol–water partition coefficient (Wildman–Crippen LogP) is 2.37. The van der Waals surface area contributed by atoms with Gasteiger partial charge in [0.05, 0.1) is 25.3 Å². The molecular weight excluding hydrogens is 290 g/mol. The van der Waals surface area contributed by atoms with Crippen molar-refractivity contribution in [3.05, 3.63) is 16.9 Å². The highest BCUT2D eigenvalue weighted by atomic mass is 32.1. The van der Waals surface area contributed by atoms with Crippen LogP contribution in [0.25, 0.3) is 11.0 Å². The molecule has 1 heterocycles. The fourth-order valence-corrected chi connectivity index (χ4v) is 2.57. The molecule has 0 fully saturated rings. The first-order chi connectivity index (χ1) is 10.1. The van der Waals surface area contributed by atoms with Crippen molar-refractivity contribution in [1.82, 2.24) is 9.55 Å². The average molecular weight is 309 g/mol. The van der Waals surface area contributed by atoms with Crippen molar-refractivity contribution < 1.29 is 14.3 Å². The Morgan fingerprint density at radius 1 is 1.29 bits per heavy atom. The zero-order chi connectivity index (χ0) is 15.4. The lowest BCUT2D eigenvalue weighted by Crippen LogP contribution is -2.10. The van der Waals surface area contributed by atoms with E-state index in [9.17, 15) is 4.79 Å². The van der Waals surface area contributed by atoms with Crippen LogP contribution in [0.3, 0.4) is 0 Å². The molecule has 7 heteroatoms. The lowest BCUT2D eigenvalue weighted by atomic mass is 10.2. The number of fused-ring (bicyclic) bond motifs is 1. The summed E-state index contributed by atoms with van der Waals surface area (Å²) in [5.41, 5.74) is 6.99. The minimum absolute atomic E-state index is 0.274. The van der Waals surface area contributed by atoms with Crippen molar-refractivity contribution >= 4 is 29.2 Å². The molecule has 6 nitrogen and oxygen atoms in total. The van der Waals surface area contributed by atoms with Gasteiger partial charge in [-0.2, -0.15) is 0 Å². The number of aromatic nitrogens is 2. The van der Waals surface area contributed by atoms with E-state index in [1.54, 1.807) is 14.2 Å². The zero-order valence-electron chi connectivity index (χ0n) is 12.1. The third-order valence-corrected chi connectivity index (χ3v) is 3.66. The normalized spacial score (nSPS) is 10.8. The summed E-state index contributed by atoms with van der Waals surface area (Å²) in [6, 6.07) is 3.76. The Balaban J connectivity index is 2.29. The van der Waals surface area contributed by atoms with Gasteiger partial charge in [-0.05, 0) is 25.1 Å². The number of rotatable bonds is 7. The Morgan fingerprint density at radius 3 is 2.57 bits per heavy atom. The molecule has 0 aliphatic heterocycles. The van der Waals surface area contributed by atoms with Crippen molar-refractivity contribution in [3.63, 3.8) is 0 Å². The Bertz CT molecular complexity index is 705. The summed E-state index contributed by atoms with van der Waals surface area (Å²) < 4.78 is 13.2. The minimum atomic E-state index is -0.274. The van der Waals surface area contributed by atoms with E-state index in [2.05, 4.69) is 4.98 Å². The second kappa shape index (κ2) is 6.62. The van der Waals surface area contributed by atoms with Gasteiger partial charge in [-0.3, -0.25) is 4.79 Å². The molecule has 0 saturated carbocycles. The smallest absolute Gasteiger partial charge is 0.217 e. The van der Waals surface area contributed by atoms with Gasteiger partial charge in [-0.15, -0.1) is 0 Å². The van der Waals surface area contributed by atoms with Crippen molar-refractivity contribution in [2.75, 3.05) is 14.2 Å². The number of benzene rings is 1. The molecule has 0 aliphatic carbocycles. The molecule has 1 amide bonds. The molecule has 0 bridgehead atoms. The number of nitrogens with zero attached hydrogens (tertiary/aromatic N) is 1. The highest BCUT2D eigenvalue weighted by Crippen LogP contribution is 2.32. The number of nitrogens with one attached hydrogen (secondary N) is 1. The number of carbonyl (C=O) groups is 1. The van der Waals surface area contributed by atoms with Gasteiger partial charge in [0, 0.05) is 25.1 Å². The van der Waals surface area contributed by atoms with Gasteiger partial charge in [0.25, 0.3) is 0 Å². The highest BCUT2D eigenvalue weighted by Gasteiger charge is 2.11. The maximum Gasteiger partial charge on any atom is 0.217 e. The third kappa shape index (κ3) is 3.36. The largest absolute Gasteiger partial charge is 0.493 e. The predicted molar refractivity (Wildman–Crippen MR) is 83.3 cm³/mol. The van der Waals surface area contributed by atoms with Gasteiger partial charge in [0.2, 0.25) is 5.91 Å². The number of nitrogens with two attached hydrogens (primary N) is 1. The number of amides is 1. The van der Waals surface area contributed by atoms with Crippen LogP contribution < -0.4 is 15.2 Å². The van der Waals surface area contributed by atoms with Crippen molar-refractivity contribution in [1.29, 1.82) is 0 Å². The van der Waals surface area contributed by atoms with Crippen LogP contribution >= 0.6 is 12.2 Å². The molecule has 0 radical (unpaired) electrons. The van der Waals surface area contributed by atoms with E-state index in [-0.39, 0.29) is 5.91 Å². The summed E-state index contributed by atoms with van der Waals surface area (Å²) >= 11 is 5.35. The lowest BCUT2D eigenvalue weighted by Gasteiger charge is -2.09. The molecule has 3 N–H and O–H groups in total. The van der Waals surface area contributed by atoms with E-state index in [0.717, 1.165) is 30.4 Å². The number of carbonyl (C=O) groups excluding carboxylic acids is 1. The Hall–Kier alpha value is -2.02. The van der Waals surface area contributed by atoms with Crippen LogP contribution in [0.5, 0.6) is 11.5 Å². The molecule has 0 spiro atoms. The monoisotopic (exact) mass is 309 g/mol. The summed E-state index contributed by atoms with van der Waals surface area (Å²) in [5, 5.41) is 0. The van der Waals surface area contributed by atoms with Crippen LogP contribution in [0, 0.1) is 4.77 Å². The topological polar surface area (TPSA) is 82.3 Å². The number of aromatic amines is 1. The summed E-state index contributed by atoms with van der Waals surface area (Å²) in [7, 11) is 3.20. The summed E-state index contributed by atoms with van der Waals surface area (Å²) in [4.78, 5) is 13.9. The first kappa shape index (κ1) is 15.4. The lowest BCUT2D eigenvalue weighted by molar-refractivity contribution is -0.118. The second-order valence-corrected chi connectivity index (χ2v) is 5.12. The van der Waals surface area contributed by atoms with Crippen LogP contribution in [-0.2, 0) is 11.3 Å². The molecule has 21 heavy (non-hydrogen) atoms. The first-order valence-electron chi connectivity index (χ1n) is 6.69. The zero-order valence-corrected chi connectivity index (χ0v) is 13.0. The molecule has 1 aromatic heterocycles. The van der Waals surface area contributed by atoms with E-state index in [4.69, 9.17) is 27.4 Å². The number of hydrogen-bond donors (Lipinski definition) is 2. The summed E-state index contributed by atoms with van der Waals surface area (Å²) in [6.45, 7) is 0.724. The molecule has 0 aliphatic rings. The van der Waals surface area contributed by atoms with E-state index >= 15 is 0 Å². The molecule has 0 atom stereocenters. The standard InChI is InChI=1S/C14H19N3O3S/c1-19-11-7-9-10(8-12(11)20-2)17(14(21)16-9)6-4-3-5-13(15)18/h7-8H,3-6H2,1-2H3,(H2,15,18)(H,16,21). The number of methoxy groups -OCH3 is 2. The van der Waals surface area contributed by atoms with Gasteiger partial charge in [0.15, 0.2) is 16.3 Å². The number of H-pyrrole nitrogens is 1. The fraction of sp³-hybridized carbons (Fsp3) is 0.429.